The largest absolute Gasteiger partial charge is 0.483 e. The first kappa shape index (κ1) is 9.62. The first-order valence-corrected chi connectivity index (χ1v) is 5.69. The van der Waals surface area contributed by atoms with E-state index in [-0.39, 0.29) is 0 Å². The van der Waals surface area contributed by atoms with Gasteiger partial charge < -0.3 is 4.74 Å². The van der Waals surface area contributed by atoms with Crippen LogP contribution in [0.3, 0.4) is 0 Å². The van der Waals surface area contributed by atoms with Crippen LogP contribution in [0.25, 0.3) is 10.1 Å². The Morgan fingerprint density at radius 3 is 2.93 bits per heavy atom. The maximum Gasteiger partial charge on any atom is 0.201 e. The molecule has 0 N–H and O–H groups in total. The third kappa shape index (κ3) is 1.79. The molecule has 0 aliphatic heterocycles. The van der Waals surface area contributed by atoms with Gasteiger partial charge in [0.1, 0.15) is 0 Å². The molecule has 1 heterocycles. The first-order chi connectivity index (χ1) is 6.81. The van der Waals surface area contributed by atoms with Gasteiger partial charge in [-0.1, -0.05) is 18.2 Å². The van der Waals surface area contributed by atoms with E-state index in [2.05, 4.69) is 18.2 Å². The van der Waals surface area contributed by atoms with Gasteiger partial charge in [-0.05, 0) is 36.7 Å². The van der Waals surface area contributed by atoms with Crippen molar-refractivity contribution >= 4 is 38.7 Å². The van der Waals surface area contributed by atoms with Crippen LogP contribution in [0.1, 0.15) is 11.8 Å². The molecule has 0 unspecified atom stereocenters. The monoisotopic (exact) mass is 222 g/mol. The van der Waals surface area contributed by atoms with E-state index in [9.17, 15) is 0 Å². The van der Waals surface area contributed by atoms with E-state index in [1.165, 1.54) is 10.1 Å². The van der Waals surface area contributed by atoms with Gasteiger partial charge in [0.2, 0.25) is 5.05 Å². The number of hydrogen-bond donors (Lipinski definition) is 0. The molecule has 2 rings (SSSR count). The summed E-state index contributed by atoms with van der Waals surface area (Å²) in [5.41, 5.74) is 0. The molecule has 0 fully saturated rings. The molecule has 72 valence electrons. The number of rotatable bonds is 2. The molecule has 0 bridgehead atoms. The average molecular weight is 222 g/mol. The SMILES string of the molecule is CCOC(=S)c1cc2ccccc2s1. The minimum absolute atomic E-state index is 0.605. The maximum absolute atomic E-state index is 5.30. The van der Waals surface area contributed by atoms with Gasteiger partial charge in [0.15, 0.2) is 0 Å². The number of ether oxygens (including phenoxy) is 1. The lowest BCUT2D eigenvalue weighted by Crippen LogP contribution is -1.99. The number of thiocarbonyl (C=S) groups is 1. The van der Waals surface area contributed by atoms with Gasteiger partial charge >= 0.3 is 0 Å². The minimum atomic E-state index is 0.605. The quantitative estimate of drug-likeness (QED) is 0.718. The highest BCUT2D eigenvalue weighted by molar-refractivity contribution is 7.80. The third-order valence-corrected chi connectivity index (χ3v) is 3.48. The fourth-order valence-electron chi connectivity index (χ4n) is 1.28. The van der Waals surface area contributed by atoms with Gasteiger partial charge in [0, 0.05) is 4.70 Å². The second kappa shape index (κ2) is 4.07. The van der Waals surface area contributed by atoms with Crippen LogP contribution in [0.15, 0.2) is 30.3 Å². The van der Waals surface area contributed by atoms with E-state index in [1.54, 1.807) is 11.3 Å². The molecule has 0 atom stereocenters. The molecular weight excluding hydrogens is 212 g/mol. The summed E-state index contributed by atoms with van der Waals surface area (Å²) < 4.78 is 6.55. The maximum atomic E-state index is 5.30. The molecule has 1 aromatic carbocycles. The highest BCUT2D eigenvalue weighted by Crippen LogP contribution is 2.25. The molecular formula is C11H10OS2. The Kier molecular flexibility index (Phi) is 2.79. The van der Waals surface area contributed by atoms with Gasteiger partial charge in [-0.2, -0.15) is 0 Å². The lowest BCUT2D eigenvalue weighted by molar-refractivity contribution is 0.338. The number of fused-ring (bicyclic) bond motifs is 1. The zero-order valence-electron chi connectivity index (χ0n) is 7.82. The molecule has 1 nitrogen and oxygen atoms in total. The normalized spacial score (nSPS) is 10.4. The van der Waals surface area contributed by atoms with Crippen molar-refractivity contribution < 1.29 is 4.74 Å². The van der Waals surface area contributed by atoms with E-state index < -0.39 is 0 Å². The Morgan fingerprint density at radius 2 is 2.21 bits per heavy atom. The predicted molar refractivity (Wildman–Crippen MR) is 65.2 cm³/mol. The molecule has 0 saturated heterocycles. The fraction of sp³-hybridized carbons (Fsp3) is 0.182. The van der Waals surface area contributed by atoms with Crippen molar-refractivity contribution in [3.63, 3.8) is 0 Å². The molecule has 0 aliphatic rings. The molecule has 1 aromatic heterocycles. The Balaban J connectivity index is 2.40. The number of hydrogen-bond acceptors (Lipinski definition) is 3. The summed E-state index contributed by atoms with van der Waals surface area (Å²) in [5, 5.41) is 1.84. The number of thiophene rings is 1. The highest BCUT2D eigenvalue weighted by atomic mass is 32.1. The highest BCUT2D eigenvalue weighted by Gasteiger charge is 2.06. The van der Waals surface area contributed by atoms with E-state index in [4.69, 9.17) is 17.0 Å². The van der Waals surface area contributed by atoms with Crippen LogP contribution >= 0.6 is 23.6 Å². The van der Waals surface area contributed by atoms with Crippen LogP contribution < -0.4 is 0 Å². The molecule has 3 heteroatoms. The van der Waals surface area contributed by atoms with Crippen molar-refractivity contribution in [1.29, 1.82) is 0 Å². The van der Waals surface area contributed by atoms with Crippen LogP contribution in [0.2, 0.25) is 0 Å². The van der Waals surface area contributed by atoms with Gasteiger partial charge in [-0.3, -0.25) is 0 Å². The Hall–Kier alpha value is -0.930. The molecule has 0 radical (unpaired) electrons. The van der Waals surface area contributed by atoms with E-state index in [1.807, 2.05) is 19.1 Å². The summed E-state index contributed by atoms with van der Waals surface area (Å²) in [6, 6.07) is 10.3. The topological polar surface area (TPSA) is 9.23 Å². The Labute approximate surface area is 92.3 Å². The van der Waals surface area contributed by atoms with Gasteiger partial charge in [-0.15, -0.1) is 11.3 Å². The molecule has 0 saturated carbocycles. The van der Waals surface area contributed by atoms with Crippen LogP contribution in [0.5, 0.6) is 0 Å². The summed E-state index contributed by atoms with van der Waals surface area (Å²) in [4.78, 5) is 1.04. The second-order valence-corrected chi connectivity index (χ2v) is 4.32. The molecule has 0 aliphatic carbocycles. The summed E-state index contributed by atoms with van der Waals surface area (Å²) in [7, 11) is 0. The standard InChI is InChI=1S/C11H10OS2/c1-2-12-11(13)10-7-8-5-3-4-6-9(8)14-10/h3-7H,2H2,1H3. The van der Waals surface area contributed by atoms with E-state index >= 15 is 0 Å². The van der Waals surface area contributed by atoms with Crippen LogP contribution in [-0.4, -0.2) is 11.7 Å². The molecule has 14 heavy (non-hydrogen) atoms. The zero-order chi connectivity index (χ0) is 9.97. The Morgan fingerprint density at radius 1 is 1.43 bits per heavy atom. The lowest BCUT2D eigenvalue weighted by Gasteiger charge is -1.99. The van der Waals surface area contributed by atoms with E-state index in [0.717, 1.165) is 4.88 Å². The summed E-state index contributed by atoms with van der Waals surface area (Å²) in [5.74, 6) is 0. The lowest BCUT2D eigenvalue weighted by atomic mass is 10.2. The van der Waals surface area contributed by atoms with Crippen molar-refractivity contribution in [2.45, 2.75) is 6.92 Å². The molecule has 0 spiro atoms. The second-order valence-electron chi connectivity index (χ2n) is 2.87. The predicted octanol–water partition coefficient (Wildman–Crippen LogP) is 3.61. The zero-order valence-corrected chi connectivity index (χ0v) is 9.45. The van der Waals surface area contributed by atoms with Crippen molar-refractivity contribution in [1.82, 2.24) is 0 Å². The molecule has 2 aromatic rings. The average Bonchev–Trinajstić information content (AvgIpc) is 2.61. The first-order valence-electron chi connectivity index (χ1n) is 4.47. The van der Waals surface area contributed by atoms with E-state index in [0.29, 0.717) is 11.7 Å². The van der Waals surface area contributed by atoms with Crippen molar-refractivity contribution in [3.8, 4) is 0 Å². The van der Waals surface area contributed by atoms with Crippen LogP contribution in [0, 0.1) is 0 Å². The van der Waals surface area contributed by atoms with Gasteiger partial charge in [-0.25, -0.2) is 0 Å². The number of benzene rings is 1. The third-order valence-electron chi connectivity index (χ3n) is 1.90. The smallest absolute Gasteiger partial charge is 0.201 e. The Bertz CT molecular complexity index is 426. The minimum Gasteiger partial charge on any atom is -0.483 e. The van der Waals surface area contributed by atoms with Crippen molar-refractivity contribution in [2.75, 3.05) is 6.61 Å². The van der Waals surface area contributed by atoms with Gasteiger partial charge in [0.25, 0.3) is 0 Å². The molecule has 0 amide bonds. The van der Waals surface area contributed by atoms with Crippen molar-refractivity contribution in [3.05, 3.63) is 35.2 Å². The summed E-state index contributed by atoms with van der Waals surface area (Å²) in [6.45, 7) is 2.58. The van der Waals surface area contributed by atoms with Crippen molar-refractivity contribution in [2.24, 2.45) is 0 Å². The summed E-state index contributed by atoms with van der Waals surface area (Å²) >= 11 is 6.83. The van der Waals surface area contributed by atoms with Crippen LogP contribution in [-0.2, 0) is 4.74 Å². The fourth-order valence-corrected chi connectivity index (χ4v) is 2.54. The van der Waals surface area contributed by atoms with Crippen LogP contribution in [0.4, 0.5) is 0 Å². The van der Waals surface area contributed by atoms with Gasteiger partial charge in [0.05, 0.1) is 11.5 Å². The summed E-state index contributed by atoms with van der Waals surface area (Å²) in [6.07, 6.45) is 0.